The van der Waals surface area contributed by atoms with Gasteiger partial charge in [-0.2, -0.15) is 5.26 Å². The number of hydrogen-bond donors (Lipinski definition) is 0. The molecule has 0 aromatic heterocycles. The van der Waals surface area contributed by atoms with Crippen molar-refractivity contribution in [2.24, 2.45) is 5.92 Å². The van der Waals surface area contributed by atoms with E-state index in [-0.39, 0.29) is 18.8 Å². The van der Waals surface area contributed by atoms with Gasteiger partial charge >= 0.3 is 0 Å². The zero-order valence-corrected chi connectivity index (χ0v) is 5.61. The molecule has 0 aromatic carbocycles. The third-order valence-corrected chi connectivity index (χ3v) is 1.84. The van der Waals surface area contributed by atoms with Crippen molar-refractivity contribution in [1.29, 1.82) is 5.26 Å². The summed E-state index contributed by atoms with van der Waals surface area (Å²) in [5.74, 6) is -2.31. The van der Waals surface area contributed by atoms with Crippen LogP contribution in [-0.4, -0.2) is 5.92 Å². The third kappa shape index (κ3) is 1.66. The van der Waals surface area contributed by atoms with Gasteiger partial charge in [0.1, 0.15) is 0 Å². The second-order valence-corrected chi connectivity index (χ2v) is 2.83. The Labute approximate surface area is 58.6 Å². The lowest BCUT2D eigenvalue weighted by atomic mass is 9.79. The minimum atomic E-state index is -2.42. The highest BCUT2D eigenvalue weighted by Gasteiger charge is 2.44. The second-order valence-electron chi connectivity index (χ2n) is 2.83. The van der Waals surface area contributed by atoms with Crippen molar-refractivity contribution in [2.45, 2.75) is 31.6 Å². The fourth-order valence-corrected chi connectivity index (χ4v) is 1.26. The highest BCUT2D eigenvalue weighted by atomic mass is 19.3. The first-order valence-corrected chi connectivity index (χ1v) is 3.39. The van der Waals surface area contributed by atoms with Gasteiger partial charge in [-0.25, -0.2) is 8.78 Å². The summed E-state index contributed by atoms with van der Waals surface area (Å²) in [4.78, 5) is 0. The van der Waals surface area contributed by atoms with Crippen LogP contribution in [0.15, 0.2) is 0 Å². The molecule has 0 amide bonds. The molecule has 0 aromatic rings. The van der Waals surface area contributed by atoms with Gasteiger partial charge in [0.15, 0.2) is 0 Å². The van der Waals surface area contributed by atoms with E-state index in [1.54, 1.807) is 0 Å². The second kappa shape index (κ2) is 2.53. The molecule has 1 aliphatic rings. The summed E-state index contributed by atoms with van der Waals surface area (Å²) in [6, 6.07) is 1.95. The van der Waals surface area contributed by atoms with Crippen LogP contribution >= 0.6 is 0 Å². The Hall–Kier alpha value is -0.650. The number of nitriles is 1. The molecular weight excluding hydrogens is 136 g/mol. The molecule has 1 nitrogen and oxygen atoms in total. The summed E-state index contributed by atoms with van der Waals surface area (Å²) < 4.78 is 24.3. The van der Waals surface area contributed by atoms with E-state index in [0.717, 1.165) is 0 Å². The lowest BCUT2D eigenvalue weighted by Crippen LogP contribution is -2.35. The van der Waals surface area contributed by atoms with Crippen molar-refractivity contribution in [2.75, 3.05) is 0 Å². The molecule has 0 bridgehead atoms. The van der Waals surface area contributed by atoms with Crippen LogP contribution in [-0.2, 0) is 0 Å². The molecule has 1 saturated carbocycles. The Morgan fingerprint density at radius 3 is 2.50 bits per heavy atom. The van der Waals surface area contributed by atoms with E-state index in [1.165, 1.54) is 0 Å². The summed E-state index contributed by atoms with van der Waals surface area (Å²) >= 11 is 0. The van der Waals surface area contributed by atoms with Crippen LogP contribution in [0, 0.1) is 17.2 Å². The molecule has 0 spiro atoms. The predicted molar refractivity (Wildman–Crippen MR) is 32.5 cm³/mol. The van der Waals surface area contributed by atoms with Gasteiger partial charge in [0.05, 0.1) is 6.07 Å². The fourth-order valence-electron chi connectivity index (χ4n) is 1.26. The molecule has 3 heteroatoms. The fraction of sp³-hybridized carbons (Fsp3) is 0.857. The maximum atomic E-state index is 12.1. The lowest BCUT2D eigenvalue weighted by Gasteiger charge is -2.34. The Morgan fingerprint density at radius 1 is 1.50 bits per heavy atom. The van der Waals surface area contributed by atoms with Crippen LogP contribution in [0.5, 0.6) is 0 Å². The van der Waals surface area contributed by atoms with Crippen LogP contribution in [0.4, 0.5) is 8.78 Å². The Bertz CT molecular complexity index is 151. The highest BCUT2D eigenvalue weighted by molar-refractivity contribution is 4.87. The predicted octanol–water partition coefficient (Wildman–Crippen LogP) is 2.34. The summed E-state index contributed by atoms with van der Waals surface area (Å²) in [5, 5.41) is 8.13. The largest absolute Gasteiger partial charge is 0.248 e. The molecule has 0 atom stereocenters. The van der Waals surface area contributed by atoms with Crippen molar-refractivity contribution >= 4 is 0 Å². The molecule has 0 N–H and O–H groups in total. The van der Waals surface area contributed by atoms with Crippen LogP contribution in [0.1, 0.15) is 25.7 Å². The summed E-state index contributed by atoms with van der Waals surface area (Å²) in [6.07, 6.45) is 1.05. The van der Waals surface area contributed by atoms with Crippen molar-refractivity contribution in [1.82, 2.24) is 0 Å². The first-order chi connectivity index (χ1) is 4.64. The Morgan fingerprint density at radius 2 is 2.10 bits per heavy atom. The first-order valence-electron chi connectivity index (χ1n) is 3.39. The van der Waals surface area contributed by atoms with Crippen molar-refractivity contribution in [3.63, 3.8) is 0 Å². The minimum Gasteiger partial charge on any atom is -0.207 e. The number of rotatable bonds is 2. The van der Waals surface area contributed by atoms with E-state index < -0.39 is 5.92 Å². The summed E-state index contributed by atoms with van der Waals surface area (Å²) in [6.45, 7) is 0. The quantitative estimate of drug-likeness (QED) is 0.585. The van der Waals surface area contributed by atoms with Crippen LogP contribution in [0.25, 0.3) is 0 Å². The smallest absolute Gasteiger partial charge is 0.207 e. The van der Waals surface area contributed by atoms with Gasteiger partial charge in [0.25, 0.3) is 0 Å². The van der Waals surface area contributed by atoms with Crippen LogP contribution < -0.4 is 0 Å². The van der Waals surface area contributed by atoms with Crippen molar-refractivity contribution < 1.29 is 8.78 Å². The molecule has 1 fully saturated rings. The number of hydrogen-bond acceptors (Lipinski definition) is 1. The van der Waals surface area contributed by atoms with Gasteiger partial charge in [-0.05, 0) is 12.3 Å². The molecule has 0 aliphatic heterocycles. The van der Waals surface area contributed by atoms with E-state index in [4.69, 9.17) is 5.26 Å². The molecule has 1 aliphatic carbocycles. The number of nitrogens with zero attached hydrogens (tertiary/aromatic N) is 1. The van der Waals surface area contributed by atoms with E-state index in [2.05, 4.69) is 0 Å². The standard InChI is InChI=1S/C7H9F2N/c8-7(9)4-6(5-7)2-1-3-10/h6H,1-2,4-5H2. The Kier molecular flexibility index (Phi) is 1.89. The molecule has 0 saturated heterocycles. The van der Waals surface area contributed by atoms with Gasteiger partial charge in [-0.3, -0.25) is 0 Å². The van der Waals surface area contributed by atoms with Gasteiger partial charge < -0.3 is 0 Å². The zero-order valence-electron chi connectivity index (χ0n) is 5.61. The van der Waals surface area contributed by atoms with E-state index >= 15 is 0 Å². The molecule has 0 radical (unpaired) electrons. The topological polar surface area (TPSA) is 23.8 Å². The molecule has 10 heavy (non-hydrogen) atoms. The normalized spacial score (nSPS) is 23.3. The van der Waals surface area contributed by atoms with E-state index in [9.17, 15) is 8.78 Å². The SMILES string of the molecule is N#CCCC1CC(F)(F)C1. The zero-order chi connectivity index (χ0) is 7.61. The summed E-state index contributed by atoms with van der Waals surface area (Å²) in [7, 11) is 0. The average Bonchev–Trinajstić information content (AvgIpc) is 1.78. The van der Waals surface area contributed by atoms with Gasteiger partial charge in [-0.1, -0.05) is 0 Å². The van der Waals surface area contributed by atoms with Gasteiger partial charge in [0.2, 0.25) is 5.92 Å². The van der Waals surface area contributed by atoms with E-state index in [0.29, 0.717) is 12.8 Å². The first kappa shape index (κ1) is 7.46. The summed E-state index contributed by atoms with van der Waals surface area (Å²) in [5.41, 5.74) is 0. The molecule has 0 unspecified atom stereocenters. The van der Waals surface area contributed by atoms with Crippen LogP contribution in [0.2, 0.25) is 0 Å². The van der Waals surface area contributed by atoms with Crippen molar-refractivity contribution in [3.8, 4) is 6.07 Å². The molecule has 1 rings (SSSR count). The highest BCUT2D eigenvalue weighted by Crippen LogP contribution is 2.44. The maximum absolute atomic E-state index is 12.1. The van der Waals surface area contributed by atoms with E-state index in [1.807, 2.05) is 6.07 Å². The lowest BCUT2D eigenvalue weighted by molar-refractivity contribution is -0.111. The van der Waals surface area contributed by atoms with Gasteiger partial charge in [-0.15, -0.1) is 0 Å². The third-order valence-electron chi connectivity index (χ3n) is 1.84. The molecule has 56 valence electrons. The monoisotopic (exact) mass is 145 g/mol. The number of alkyl halides is 2. The Balaban J connectivity index is 2.10. The minimum absolute atomic E-state index is 0.00528. The number of halogens is 2. The molecule has 0 heterocycles. The maximum Gasteiger partial charge on any atom is 0.248 e. The average molecular weight is 145 g/mol. The van der Waals surface area contributed by atoms with Crippen molar-refractivity contribution in [3.05, 3.63) is 0 Å². The van der Waals surface area contributed by atoms with Crippen LogP contribution in [0.3, 0.4) is 0 Å². The van der Waals surface area contributed by atoms with Gasteiger partial charge in [0, 0.05) is 19.3 Å². The molecular formula is C7H9F2N.